The highest BCUT2D eigenvalue weighted by Gasteiger charge is 2.15. The van der Waals surface area contributed by atoms with E-state index in [0.717, 1.165) is 26.1 Å². The van der Waals surface area contributed by atoms with Gasteiger partial charge >= 0.3 is 0 Å². The molecule has 1 aliphatic rings. The highest BCUT2D eigenvalue weighted by Crippen LogP contribution is 2.28. The van der Waals surface area contributed by atoms with E-state index in [1.165, 1.54) is 10.0 Å². The molecule has 0 unspecified atom stereocenters. The average Bonchev–Trinajstić information content (AvgIpc) is 2.33. The zero-order valence-electron chi connectivity index (χ0n) is 9.50. The quantitative estimate of drug-likeness (QED) is 0.737. The molecule has 1 nitrogen and oxygen atoms in total. The summed E-state index contributed by atoms with van der Waals surface area (Å²) in [6, 6.07) is 8.61. The maximum Gasteiger partial charge on any atom is 0.0471 e. The summed E-state index contributed by atoms with van der Waals surface area (Å²) in [5.41, 5.74) is 1.44. The first-order chi connectivity index (χ1) is 7.36. The third kappa shape index (κ3) is 3.96. The fraction of sp³-hybridized carbons (Fsp3) is 0.538. The van der Waals surface area contributed by atoms with Crippen LogP contribution in [-0.2, 0) is 4.74 Å². The molecule has 0 saturated carbocycles. The fourth-order valence-corrected chi connectivity index (χ4v) is 2.21. The molecule has 1 heterocycles. The summed E-state index contributed by atoms with van der Waals surface area (Å²) >= 11 is 3.50. The van der Waals surface area contributed by atoms with Crippen LogP contribution in [0.4, 0.5) is 0 Å². The first-order valence-electron chi connectivity index (χ1n) is 5.69. The molecule has 2 heteroatoms. The van der Waals surface area contributed by atoms with Crippen molar-refractivity contribution in [2.24, 2.45) is 0 Å². The Balaban J connectivity index is 0.000000531. The summed E-state index contributed by atoms with van der Waals surface area (Å²) in [5, 5.41) is 0. The zero-order chi connectivity index (χ0) is 11.1. The van der Waals surface area contributed by atoms with Gasteiger partial charge in [-0.3, -0.25) is 0 Å². The molecule has 0 atom stereocenters. The maximum atomic E-state index is 5.34. The topological polar surface area (TPSA) is 9.23 Å². The molecule has 0 bridgehead atoms. The Morgan fingerprint density at radius 3 is 2.47 bits per heavy atom. The Morgan fingerprint density at radius 2 is 1.87 bits per heavy atom. The van der Waals surface area contributed by atoms with Crippen molar-refractivity contribution in [2.45, 2.75) is 32.6 Å². The summed E-state index contributed by atoms with van der Waals surface area (Å²) in [6.07, 6.45) is 2.33. The third-order valence-corrected chi connectivity index (χ3v) is 3.03. The molecule has 0 N–H and O–H groups in total. The summed E-state index contributed by atoms with van der Waals surface area (Å²) in [5.74, 6) is 0.700. The summed E-state index contributed by atoms with van der Waals surface area (Å²) in [7, 11) is 0. The van der Waals surface area contributed by atoms with Crippen molar-refractivity contribution in [1.29, 1.82) is 0 Å². The van der Waals surface area contributed by atoms with E-state index in [0.29, 0.717) is 5.92 Å². The second-order valence-corrected chi connectivity index (χ2v) is 4.36. The molecule has 0 radical (unpaired) electrons. The summed E-state index contributed by atoms with van der Waals surface area (Å²) in [6.45, 7) is 5.83. The number of ether oxygens (including phenoxy) is 1. The molecular formula is C13H19BrO. The highest BCUT2D eigenvalue weighted by molar-refractivity contribution is 9.10. The van der Waals surface area contributed by atoms with Crippen LogP contribution in [0.3, 0.4) is 0 Å². The second kappa shape index (κ2) is 7.02. The van der Waals surface area contributed by atoms with Crippen LogP contribution in [0.25, 0.3) is 0 Å². The van der Waals surface area contributed by atoms with Crippen LogP contribution in [0, 0.1) is 0 Å². The van der Waals surface area contributed by atoms with E-state index in [-0.39, 0.29) is 0 Å². The normalized spacial score (nSPS) is 16.7. The molecule has 1 aliphatic heterocycles. The van der Waals surface area contributed by atoms with Gasteiger partial charge in [0.25, 0.3) is 0 Å². The summed E-state index contributed by atoms with van der Waals surface area (Å²) < 4.78 is 6.52. The lowest BCUT2D eigenvalue weighted by Crippen LogP contribution is -2.13. The molecule has 2 rings (SSSR count). The fourth-order valence-electron chi connectivity index (χ4n) is 1.79. The Morgan fingerprint density at radius 1 is 1.20 bits per heavy atom. The first-order valence-corrected chi connectivity index (χ1v) is 6.49. The van der Waals surface area contributed by atoms with Crippen LogP contribution in [0.5, 0.6) is 0 Å². The SMILES string of the molecule is Brc1cccc(C2CCOCC2)c1.CC. The van der Waals surface area contributed by atoms with Gasteiger partial charge < -0.3 is 4.74 Å². The van der Waals surface area contributed by atoms with Gasteiger partial charge in [-0.15, -0.1) is 0 Å². The summed E-state index contributed by atoms with van der Waals surface area (Å²) in [4.78, 5) is 0. The first kappa shape index (κ1) is 12.7. The van der Waals surface area contributed by atoms with Gasteiger partial charge in [0.1, 0.15) is 0 Å². The third-order valence-electron chi connectivity index (χ3n) is 2.54. The molecular weight excluding hydrogens is 252 g/mol. The molecule has 0 aliphatic carbocycles. The van der Waals surface area contributed by atoms with Crippen LogP contribution >= 0.6 is 15.9 Å². The molecule has 1 fully saturated rings. The minimum Gasteiger partial charge on any atom is -0.381 e. The Kier molecular flexibility index (Phi) is 5.96. The van der Waals surface area contributed by atoms with Crippen LogP contribution < -0.4 is 0 Å². The molecule has 1 aromatic carbocycles. The van der Waals surface area contributed by atoms with Crippen LogP contribution in [0.15, 0.2) is 28.7 Å². The van der Waals surface area contributed by atoms with Gasteiger partial charge in [-0.25, -0.2) is 0 Å². The van der Waals surface area contributed by atoms with Crippen molar-refractivity contribution < 1.29 is 4.74 Å². The van der Waals surface area contributed by atoms with Gasteiger partial charge in [-0.2, -0.15) is 0 Å². The van der Waals surface area contributed by atoms with Gasteiger partial charge in [-0.05, 0) is 36.5 Å². The van der Waals surface area contributed by atoms with Gasteiger partial charge in [0, 0.05) is 17.7 Å². The predicted octanol–water partition coefficient (Wildman–Crippen LogP) is 4.37. The van der Waals surface area contributed by atoms with Crippen molar-refractivity contribution in [3.63, 3.8) is 0 Å². The van der Waals surface area contributed by atoms with E-state index in [4.69, 9.17) is 4.74 Å². The van der Waals surface area contributed by atoms with Gasteiger partial charge in [0.15, 0.2) is 0 Å². The average molecular weight is 271 g/mol. The van der Waals surface area contributed by atoms with Crippen molar-refractivity contribution >= 4 is 15.9 Å². The van der Waals surface area contributed by atoms with Crippen molar-refractivity contribution in [1.82, 2.24) is 0 Å². The molecule has 1 aromatic rings. The van der Waals surface area contributed by atoms with Gasteiger partial charge in [-0.1, -0.05) is 41.9 Å². The highest BCUT2D eigenvalue weighted by atomic mass is 79.9. The largest absolute Gasteiger partial charge is 0.381 e. The monoisotopic (exact) mass is 270 g/mol. The van der Waals surface area contributed by atoms with E-state index in [9.17, 15) is 0 Å². The molecule has 1 saturated heterocycles. The number of hydrogen-bond donors (Lipinski definition) is 0. The molecule has 84 valence electrons. The minimum absolute atomic E-state index is 0.700. The smallest absolute Gasteiger partial charge is 0.0471 e. The van der Waals surface area contributed by atoms with E-state index < -0.39 is 0 Å². The van der Waals surface area contributed by atoms with Crippen LogP contribution in [0.1, 0.15) is 38.2 Å². The van der Waals surface area contributed by atoms with E-state index >= 15 is 0 Å². The van der Waals surface area contributed by atoms with E-state index in [1.807, 2.05) is 13.8 Å². The van der Waals surface area contributed by atoms with Crippen molar-refractivity contribution in [2.75, 3.05) is 13.2 Å². The van der Waals surface area contributed by atoms with E-state index in [2.05, 4.69) is 40.2 Å². The van der Waals surface area contributed by atoms with Crippen LogP contribution in [-0.4, -0.2) is 13.2 Å². The van der Waals surface area contributed by atoms with Crippen molar-refractivity contribution in [3.05, 3.63) is 34.3 Å². The predicted molar refractivity (Wildman–Crippen MR) is 68.3 cm³/mol. The lowest BCUT2D eigenvalue weighted by Gasteiger charge is -2.22. The molecule has 0 aromatic heterocycles. The number of benzene rings is 1. The van der Waals surface area contributed by atoms with Crippen LogP contribution in [0.2, 0.25) is 0 Å². The standard InChI is InChI=1S/C11H13BrO.C2H6/c12-11-3-1-2-10(8-11)9-4-6-13-7-5-9;1-2/h1-3,8-9H,4-7H2;1-2H3. The Labute approximate surface area is 101 Å². The van der Waals surface area contributed by atoms with E-state index in [1.54, 1.807) is 0 Å². The second-order valence-electron chi connectivity index (χ2n) is 3.44. The molecule has 0 spiro atoms. The number of halogens is 1. The lowest BCUT2D eigenvalue weighted by atomic mass is 9.92. The number of rotatable bonds is 1. The van der Waals surface area contributed by atoms with Crippen molar-refractivity contribution in [3.8, 4) is 0 Å². The van der Waals surface area contributed by atoms with Gasteiger partial charge in [0.2, 0.25) is 0 Å². The Hall–Kier alpha value is -0.340. The lowest BCUT2D eigenvalue weighted by molar-refractivity contribution is 0.0853. The minimum atomic E-state index is 0.700. The van der Waals surface area contributed by atoms with Gasteiger partial charge in [0.05, 0.1) is 0 Å². The number of hydrogen-bond acceptors (Lipinski definition) is 1. The molecule has 0 amide bonds. The maximum absolute atomic E-state index is 5.34. The molecule has 15 heavy (non-hydrogen) atoms. The Bertz CT molecular complexity index is 280. The zero-order valence-corrected chi connectivity index (χ0v) is 11.1.